The predicted octanol–water partition coefficient (Wildman–Crippen LogP) is 8.75. The number of benzene rings is 1. The van der Waals surface area contributed by atoms with Crippen molar-refractivity contribution in [3.05, 3.63) is 42.0 Å². The fourth-order valence-electron chi connectivity index (χ4n) is 4.18. The van der Waals surface area contributed by atoms with Gasteiger partial charge in [0.15, 0.2) is 0 Å². The minimum absolute atomic E-state index is 0.178. The highest BCUT2D eigenvalue weighted by Gasteiger charge is 2.05. The number of aromatic carboxylic acids is 1. The molecule has 0 unspecified atom stereocenters. The Bertz CT molecular complexity index is 664. The van der Waals surface area contributed by atoms with Crippen molar-refractivity contribution in [1.82, 2.24) is 0 Å². The third-order valence-electron chi connectivity index (χ3n) is 6.46. The molecule has 0 aliphatic rings. The Balaban J connectivity index is 0.00000101. The Kier molecular flexibility index (Phi) is 22.4. The van der Waals surface area contributed by atoms with Gasteiger partial charge in [-0.25, -0.2) is 4.79 Å². The minimum atomic E-state index is -1.18. The summed E-state index contributed by atoms with van der Waals surface area (Å²) in [6.45, 7) is 3.62. The van der Waals surface area contributed by atoms with E-state index in [2.05, 4.69) is 40.2 Å². The molecule has 0 aliphatic heterocycles. The van der Waals surface area contributed by atoms with Gasteiger partial charge in [0.25, 0.3) is 0 Å². The first-order chi connectivity index (χ1) is 17.3. The van der Waals surface area contributed by atoms with E-state index in [9.17, 15) is 9.90 Å². The Morgan fingerprint density at radius 2 is 1.14 bits per heavy atom. The van der Waals surface area contributed by atoms with Crippen molar-refractivity contribution >= 4 is 5.97 Å². The van der Waals surface area contributed by atoms with Crippen molar-refractivity contribution in [2.45, 2.75) is 122 Å². The van der Waals surface area contributed by atoms with Crippen LogP contribution in [0.25, 0.3) is 0 Å². The summed E-state index contributed by atoms with van der Waals surface area (Å²) in [5.74, 6) is -1.62. The van der Waals surface area contributed by atoms with Crippen LogP contribution in [0.5, 0.6) is 5.75 Å². The highest BCUT2D eigenvalue weighted by atomic mass is 16.4. The van der Waals surface area contributed by atoms with Crippen molar-refractivity contribution in [1.29, 1.82) is 0 Å². The van der Waals surface area contributed by atoms with Gasteiger partial charge in [-0.15, -0.1) is 0 Å². The molecule has 4 heteroatoms. The number of nitrogens with zero attached hydrogens (tertiary/aromatic N) is 1. The number of carbonyl (C=O) groups is 1. The van der Waals surface area contributed by atoms with Gasteiger partial charge < -0.3 is 14.7 Å². The van der Waals surface area contributed by atoms with Gasteiger partial charge in [0, 0.05) is 0 Å². The van der Waals surface area contributed by atoms with Crippen LogP contribution >= 0.6 is 0 Å². The molecule has 0 bridgehead atoms. The molecule has 0 spiro atoms. The molecule has 0 saturated heterocycles. The second-order valence-electron chi connectivity index (χ2n) is 11.2. The van der Waals surface area contributed by atoms with Crippen molar-refractivity contribution in [3.8, 4) is 5.75 Å². The Labute approximate surface area is 223 Å². The van der Waals surface area contributed by atoms with Crippen molar-refractivity contribution < 1.29 is 19.5 Å². The van der Waals surface area contributed by atoms with Gasteiger partial charge in [-0.2, -0.15) is 0 Å². The number of para-hydroxylation sites is 1. The summed E-state index contributed by atoms with van der Waals surface area (Å²) in [4.78, 5) is 10.2. The Morgan fingerprint density at radius 1 is 0.722 bits per heavy atom. The average Bonchev–Trinajstić information content (AvgIpc) is 2.82. The first-order valence-corrected chi connectivity index (χ1v) is 14.7. The number of hydrogen-bond acceptors (Lipinski definition) is 2. The zero-order chi connectivity index (χ0) is 26.9. The van der Waals surface area contributed by atoms with Gasteiger partial charge in [0.05, 0.1) is 33.3 Å². The maximum Gasteiger partial charge on any atom is 0.335 e. The monoisotopic (exact) mass is 503 g/mol. The van der Waals surface area contributed by atoms with E-state index in [1.54, 1.807) is 0 Å². The molecule has 0 atom stereocenters. The van der Waals surface area contributed by atoms with Gasteiger partial charge in [-0.05, 0) is 44.6 Å². The van der Waals surface area contributed by atoms with E-state index in [4.69, 9.17) is 5.11 Å². The number of quaternary nitrogens is 1. The summed E-state index contributed by atoms with van der Waals surface area (Å²) < 4.78 is 1.12. The van der Waals surface area contributed by atoms with Crippen LogP contribution in [0, 0.1) is 0 Å². The molecule has 1 rings (SSSR count). The van der Waals surface area contributed by atoms with Gasteiger partial charge in [-0.3, -0.25) is 0 Å². The number of carboxylic acid groups (broad SMARTS) is 1. The molecule has 208 valence electrons. The number of unbranched alkanes of at least 4 members (excludes halogenated alkanes) is 16. The van der Waals surface area contributed by atoms with Gasteiger partial charge in [0.2, 0.25) is 0 Å². The standard InChI is InChI=1S/C25H52N.C7H6O3/c1-5-6-7-8-9-10-11-12-13-14-15-16-17-18-19-20-21-22-23-24-25-26(2,3)4;8-6-4-2-1-3-5(6)7(9)10/h12-13H,5-11,14-25H2,1-4H3;1-4,8H,(H,9,10)/q+1;/p-1/b13-12-;. The summed E-state index contributed by atoms with van der Waals surface area (Å²) in [6, 6.07) is 5.54. The van der Waals surface area contributed by atoms with Gasteiger partial charge in [-0.1, -0.05) is 120 Å². The van der Waals surface area contributed by atoms with Crippen LogP contribution in [0.2, 0.25) is 0 Å². The molecule has 1 aromatic carbocycles. The lowest BCUT2D eigenvalue weighted by Gasteiger charge is -2.23. The number of allylic oxidation sites excluding steroid dienone is 2. The molecular formula is C32H57NO3. The first-order valence-electron chi connectivity index (χ1n) is 14.7. The fourth-order valence-corrected chi connectivity index (χ4v) is 4.18. The van der Waals surface area contributed by atoms with E-state index in [0.29, 0.717) is 0 Å². The molecule has 0 aromatic heterocycles. The molecular weight excluding hydrogens is 446 g/mol. The minimum Gasteiger partial charge on any atom is -0.872 e. The summed E-state index contributed by atoms with van der Waals surface area (Å²) >= 11 is 0. The number of carboxylic acids is 1. The number of hydrogen-bond donors (Lipinski definition) is 1. The van der Waals surface area contributed by atoms with Crippen LogP contribution in [0.15, 0.2) is 36.4 Å². The molecule has 0 radical (unpaired) electrons. The zero-order valence-electron chi connectivity index (χ0n) is 24.1. The first kappa shape index (κ1) is 34.2. The maximum absolute atomic E-state index is 10.7. The zero-order valence-corrected chi connectivity index (χ0v) is 24.1. The molecule has 1 N–H and O–H groups in total. The average molecular weight is 504 g/mol. The molecule has 0 aliphatic carbocycles. The molecule has 0 amide bonds. The second-order valence-corrected chi connectivity index (χ2v) is 11.2. The van der Waals surface area contributed by atoms with E-state index in [0.717, 1.165) is 4.48 Å². The van der Waals surface area contributed by atoms with Crippen LogP contribution < -0.4 is 5.11 Å². The third kappa shape index (κ3) is 23.9. The maximum atomic E-state index is 10.7. The highest BCUT2D eigenvalue weighted by molar-refractivity contribution is 5.90. The molecule has 36 heavy (non-hydrogen) atoms. The quantitative estimate of drug-likeness (QED) is 0.104. The smallest absolute Gasteiger partial charge is 0.335 e. The molecule has 0 saturated carbocycles. The Hall–Kier alpha value is -1.81. The van der Waals surface area contributed by atoms with Crippen molar-refractivity contribution in [3.63, 3.8) is 0 Å². The summed E-state index contributed by atoms with van der Waals surface area (Å²) in [5, 5.41) is 19.0. The SMILES string of the molecule is CCCCCCCC/C=C\CCCCCCCCCCCC[N+](C)(C)C.O=C(O)c1ccccc1[O-]. The topological polar surface area (TPSA) is 60.4 Å². The van der Waals surface area contributed by atoms with Gasteiger partial charge >= 0.3 is 5.97 Å². The Morgan fingerprint density at radius 3 is 1.53 bits per heavy atom. The molecule has 1 aromatic rings. The van der Waals surface area contributed by atoms with E-state index >= 15 is 0 Å². The molecule has 0 fully saturated rings. The summed E-state index contributed by atoms with van der Waals surface area (Å²) in [6.07, 6.45) is 30.4. The van der Waals surface area contributed by atoms with E-state index < -0.39 is 11.7 Å². The van der Waals surface area contributed by atoms with Crippen LogP contribution in [0.1, 0.15) is 133 Å². The normalized spacial score (nSPS) is 11.4. The van der Waals surface area contributed by atoms with Crippen molar-refractivity contribution in [2.24, 2.45) is 0 Å². The highest BCUT2D eigenvalue weighted by Crippen LogP contribution is 2.13. The largest absolute Gasteiger partial charge is 0.872 e. The lowest BCUT2D eigenvalue weighted by molar-refractivity contribution is -0.870. The van der Waals surface area contributed by atoms with E-state index in [1.165, 1.54) is 146 Å². The molecule has 0 heterocycles. The third-order valence-corrected chi connectivity index (χ3v) is 6.46. The fraction of sp³-hybridized carbons (Fsp3) is 0.719. The lowest BCUT2D eigenvalue weighted by Crippen LogP contribution is -2.35. The van der Waals surface area contributed by atoms with E-state index in [1.807, 2.05) is 0 Å². The summed E-state index contributed by atoms with van der Waals surface area (Å²) in [5.41, 5.74) is -0.178. The molecule has 4 nitrogen and oxygen atoms in total. The van der Waals surface area contributed by atoms with Gasteiger partial charge in [0.1, 0.15) is 0 Å². The van der Waals surface area contributed by atoms with Crippen LogP contribution in [-0.4, -0.2) is 43.2 Å². The summed E-state index contributed by atoms with van der Waals surface area (Å²) in [7, 11) is 6.89. The predicted molar refractivity (Wildman–Crippen MR) is 154 cm³/mol. The van der Waals surface area contributed by atoms with Crippen LogP contribution in [-0.2, 0) is 0 Å². The van der Waals surface area contributed by atoms with E-state index in [-0.39, 0.29) is 5.56 Å². The second kappa shape index (κ2) is 23.6. The lowest BCUT2D eigenvalue weighted by atomic mass is 10.1. The number of rotatable bonds is 21. The van der Waals surface area contributed by atoms with Crippen LogP contribution in [0.4, 0.5) is 0 Å². The van der Waals surface area contributed by atoms with Crippen molar-refractivity contribution in [2.75, 3.05) is 27.7 Å². The van der Waals surface area contributed by atoms with Crippen LogP contribution in [0.3, 0.4) is 0 Å².